The lowest BCUT2D eigenvalue weighted by molar-refractivity contribution is -0.155. The average Bonchev–Trinajstić information content (AvgIpc) is 3.41. The Hall–Kier alpha value is -2.99. The van der Waals surface area contributed by atoms with E-state index in [1.54, 1.807) is 0 Å². The fourth-order valence-corrected chi connectivity index (χ4v) is 6.64. The fourth-order valence-electron chi connectivity index (χ4n) is 6.64. The van der Waals surface area contributed by atoms with E-state index < -0.39 is 5.60 Å². The van der Waals surface area contributed by atoms with E-state index in [0.29, 0.717) is 5.89 Å². The molecule has 6 nitrogen and oxygen atoms in total. The molecule has 0 amide bonds. The van der Waals surface area contributed by atoms with Gasteiger partial charge in [-0.2, -0.15) is 4.98 Å². The van der Waals surface area contributed by atoms with Crippen LogP contribution in [0, 0.1) is 5.92 Å². The molecule has 1 N–H and O–H groups in total. The highest BCUT2D eigenvalue weighted by Crippen LogP contribution is 2.45. The van der Waals surface area contributed by atoms with Crippen molar-refractivity contribution >= 4 is 5.97 Å². The van der Waals surface area contributed by atoms with Crippen LogP contribution in [-0.2, 0) is 14.9 Å². The number of rotatable bonds is 11. The molecule has 214 valence electrons. The number of carbonyl (C=O) groups excluding carboxylic acids is 1. The lowest BCUT2D eigenvalue weighted by Gasteiger charge is -2.46. The van der Waals surface area contributed by atoms with Crippen LogP contribution in [0.4, 0.5) is 0 Å². The second kappa shape index (κ2) is 12.7. The van der Waals surface area contributed by atoms with Crippen molar-refractivity contribution in [3.05, 3.63) is 83.5 Å². The highest BCUT2D eigenvalue weighted by molar-refractivity contribution is 5.70. The molecule has 2 aliphatic rings. The van der Waals surface area contributed by atoms with Gasteiger partial charge in [0.2, 0.25) is 5.89 Å². The van der Waals surface area contributed by atoms with Crippen LogP contribution < -0.4 is 5.32 Å². The maximum absolute atomic E-state index is 12.9. The molecule has 0 spiro atoms. The lowest BCUT2D eigenvalue weighted by Crippen LogP contribution is -2.60. The molecule has 1 saturated heterocycles. The first kappa shape index (κ1) is 28.5. The first-order chi connectivity index (χ1) is 19.3. The third-order valence-electron chi connectivity index (χ3n) is 8.66. The van der Waals surface area contributed by atoms with Gasteiger partial charge in [-0.05, 0) is 44.2 Å². The Bertz CT molecular complexity index is 1170. The zero-order valence-electron chi connectivity index (χ0n) is 24.4. The number of nitrogens with zero attached hydrogens (tertiary/aromatic N) is 2. The van der Waals surface area contributed by atoms with Crippen LogP contribution in [0.15, 0.2) is 65.2 Å². The molecule has 5 rings (SSSR count). The molecule has 1 aliphatic heterocycles. The molecule has 2 aromatic carbocycles. The van der Waals surface area contributed by atoms with Gasteiger partial charge in [0.1, 0.15) is 5.60 Å². The SMILES string of the molecule is CC(C)(C)OC(=O)CC(CCCC1CCCCC1)c1nc(C2(C(c3ccccc3)c3ccccc3)CNC2)no1. The van der Waals surface area contributed by atoms with Crippen molar-refractivity contribution in [2.75, 3.05) is 13.1 Å². The molecule has 40 heavy (non-hydrogen) atoms. The molecule has 0 bridgehead atoms. The van der Waals surface area contributed by atoms with E-state index >= 15 is 0 Å². The summed E-state index contributed by atoms with van der Waals surface area (Å²) in [6, 6.07) is 21.2. The monoisotopic (exact) mass is 543 g/mol. The highest BCUT2D eigenvalue weighted by Gasteiger charge is 2.50. The van der Waals surface area contributed by atoms with Crippen molar-refractivity contribution in [2.45, 2.75) is 101 Å². The van der Waals surface area contributed by atoms with Crippen molar-refractivity contribution in [3.63, 3.8) is 0 Å². The van der Waals surface area contributed by atoms with Crippen molar-refractivity contribution in [3.8, 4) is 0 Å². The Kier molecular flexibility index (Phi) is 9.04. The molecule has 2 fully saturated rings. The van der Waals surface area contributed by atoms with Gasteiger partial charge in [0.15, 0.2) is 5.82 Å². The second-order valence-electron chi connectivity index (χ2n) is 12.9. The Labute approximate surface area is 239 Å². The van der Waals surface area contributed by atoms with E-state index in [1.807, 2.05) is 20.8 Å². The van der Waals surface area contributed by atoms with Crippen LogP contribution in [0.1, 0.15) is 113 Å². The van der Waals surface area contributed by atoms with Crippen molar-refractivity contribution in [1.29, 1.82) is 0 Å². The summed E-state index contributed by atoms with van der Waals surface area (Å²) in [5.41, 5.74) is 1.62. The predicted molar refractivity (Wildman–Crippen MR) is 157 cm³/mol. The van der Waals surface area contributed by atoms with E-state index in [2.05, 4.69) is 71.1 Å². The Morgan fingerprint density at radius 2 is 1.62 bits per heavy atom. The Balaban J connectivity index is 1.41. The summed E-state index contributed by atoms with van der Waals surface area (Å²) in [5.74, 6) is 1.82. The minimum absolute atomic E-state index is 0.0807. The molecular weight excluding hydrogens is 498 g/mol. The number of carbonyl (C=O) groups is 1. The van der Waals surface area contributed by atoms with Gasteiger partial charge in [-0.1, -0.05) is 111 Å². The van der Waals surface area contributed by atoms with E-state index in [1.165, 1.54) is 49.7 Å². The normalized spacial score (nSPS) is 18.3. The van der Waals surface area contributed by atoms with Crippen molar-refractivity contribution in [1.82, 2.24) is 15.5 Å². The number of nitrogens with one attached hydrogen (secondary N) is 1. The Morgan fingerprint density at radius 1 is 1.00 bits per heavy atom. The molecule has 1 aliphatic carbocycles. The molecule has 3 aromatic rings. The van der Waals surface area contributed by atoms with Crippen LogP contribution in [-0.4, -0.2) is 34.8 Å². The summed E-state index contributed by atoms with van der Waals surface area (Å²) in [5, 5.41) is 8.10. The summed E-state index contributed by atoms with van der Waals surface area (Å²) in [6.07, 6.45) is 10.1. The summed E-state index contributed by atoms with van der Waals surface area (Å²) in [6.45, 7) is 7.26. The quantitative estimate of drug-likeness (QED) is 0.256. The average molecular weight is 544 g/mol. The maximum Gasteiger partial charge on any atom is 0.307 e. The second-order valence-corrected chi connectivity index (χ2v) is 12.9. The van der Waals surface area contributed by atoms with Crippen LogP contribution >= 0.6 is 0 Å². The number of aromatic nitrogens is 2. The van der Waals surface area contributed by atoms with Crippen molar-refractivity contribution < 1.29 is 14.1 Å². The third-order valence-corrected chi connectivity index (χ3v) is 8.66. The molecule has 2 heterocycles. The van der Waals surface area contributed by atoms with Gasteiger partial charge in [-0.3, -0.25) is 4.79 Å². The topological polar surface area (TPSA) is 77.2 Å². The van der Waals surface area contributed by atoms with E-state index in [0.717, 1.165) is 37.7 Å². The van der Waals surface area contributed by atoms with Gasteiger partial charge in [0, 0.05) is 24.9 Å². The minimum atomic E-state index is -0.524. The number of hydrogen-bond acceptors (Lipinski definition) is 6. The van der Waals surface area contributed by atoms with Gasteiger partial charge in [0.05, 0.1) is 11.8 Å². The van der Waals surface area contributed by atoms with Crippen LogP contribution in [0.25, 0.3) is 0 Å². The predicted octanol–water partition coefficient (Wildman–Crippen LogP) is 7.31. The zero-order valence-corrected chi connectivity index (χ0v) is 24.4. The molecule has 0 radical (unpaired) electrons. The van der Waals surface area contributed by atoms with Crippen LogP contribution in [0.5, 0.6) is 0 Å². The van der Waals surface area contributed by atoms with Gasteiger partial charge >= 0.3 is 5.97 Å². The Morgan fingerprint density at radius 3 is 2.17 bits per heavy atom. The molecule has 1 atom stereocenters. The van der Waals surface area contributed by atoms with Gasteiger partial charge < -0.3 is 14.6 Å². The summed E-state index contributed by atoms with van der Waals surface area (Å²) in [7, 11) is 0. The van der Waals surface area contributed by atoms with Gasteiger partial charge in [0.25, 0.3) is 0 Å². The molecule has 1 saturated carbocycles. The number of esters is 1. The number of ether oxygens (including phenoxy) is 1. The van der Waals surface area contributed by atoms with E-state index in [9.17, 15) is 4.79 Å². The minimum Gasteiger partial charge on any atom is -0.460 e. The highest BCUT2D eigenvalue weighted by atomic mass is 16.6. The smallest absolute Gasteiger partial charge is 0.307 e. The molecule has 1 unspecified atom stereocenters. The van der Waals surface area contributed by atoms with Gasteiger partial charge in [-0.25, -0.2) is 0 Å². The lowest BCUT2D eigenvalue weighted by atomic mass is 9.64. The number of benzene rings is 2. The summed E-state index contributed by atoms with van der Waals surface area (Å²) >= 11 is 0. The standard InChI is InChI=1S/C34H45N3O3/c1-33(2,3)39-29(38)22-28(21-13-16-25-14-7-4-8-15-25)31-36-32(37-40-31)34(23-35-24-34)30(26-17-9-5-10-18-26)27-19-11-6-12-20-27/h5-6,9-12,17-20,25,28,30,35H,4,7-8,13-16,21-24H2,1-3H3. The summed E-state index contributed by atoms with van der Waals surface area (Å²) in [4.78, 5) is 18.0. The first-order valence-electron chi connectivity index (χ1n) is 15.2. The number of hydrogen-bond donors (Lipinski definition) is 1. The molecular formula is C34H45N3O3. The molecule has 6 heteroatoms. The maximum atomic E-state index is 12.9. The van der Waals surface area contributed by atoms with Gasteiger partial charge in [-0.15, -0.1) is 0 Å². The van der Waals surface area contributed by atoms with Crippen LogP contribution in [0.3, 0.4) is 0 Å². The van der Waals surface area contributed by atoms with Crippen LogP contribution in [0.2, 0.25) is 0 Å². The zero-order chi connectivity index (χ0) is 28.0. The summed E-state index contributed by atoms with van der Waals surface area (Å²) < 4.78 is 11.7. The fraction of sp³-hybridized carbons (Fsp3) is 0.559. The van der Waals surface area contributed by atoms with E-state index in [4.69, 9.17) is 14.2 Å². The van der Waals surface area contributed by atoms with E-state index in [-0.39, 0.29) is 29.6 Å². The van der Waals surface area contributed by atoms with Crippen molar-refractivity contribution in [2.24, 2.45) is 5.92 Å². The third kappa shape index (κ3) is 6.83. The largest absolute Gasteiger partial charge is 0.460 e. The first-order valence-corrected chi connectivity index (χ1v) is 15.2. The molecule has 1 aromatic heterocycles.